The minimum atomic E-state index is 0. The molecule has 1 heterocycles. The molecule has 2 N–H and O–H groups in total. The number of benzene rings is 1. The fourth-order valence-corrected chi connectivity index (χ4v) is 2.63. The summed E-state index contributed by atoms with van der Waals surface area (Å²) in [5.74, 6) is 0.784. The summed E-state index contributed by atoms with van der Waals surface area (Å²) in [5.41, 5.74) is 3.77. The van der Waals surface area contributed by atoms with Crippen LogP contribution in [0.15, 0.2) is 47.5 Å². The van der Waals surface area contributed by atoms with Gasteiger partial charge in [0.2, 0.25) is 0 Å². The monoisotopic (exact) mass is 495 g/mol. The van der Waals surface area contributed by atoms with E-state index in [1.807, 2.05) is 56.3 Å². The highest BCUT2D eigenvalue weighted by molar-refractivity contribution is 14.0. The SMILES string of the molecule is CCNC(=NCc1cccc(C)n1)NCCc1cccc(C(=O)N(C)C)c1.I. The lowest BCUT2D eigenvalue weighted by Gasteiger charge is -2.13. The van der Waals surface area contributed by atoms with Crippen LogP contribution in [0, 0.1) is 6.92 Å². The molecule has 2 aromatic rings. The highest BCUT2D eigenvalue weighted by Gasteiger charge is 2.08. The normalized spacial score (nSPS) is 10.8. The summed E-state index contributed by atoms with van der Waals surface area (Å²) in [4.78, 5) is 22.7. The number of nitrogens with one attached hydrogen (secondary N) is 2. The Morgan fingerprint density at radius 1 is 1.14 bits per heavy atom. The molecule has 0 aliphatic heterocycles. The van der Waals surface area contributed by atoms with Gasteiger partial charge < -0.3 is 15.5 Å². The predicted molar refractivity (Wildman–Crippen MR) is 125 cm³/mol. The molecule has 6 nitrogen and oxygen atoms in total. The molecule has 0 aliphatic carbocycles. The van der Waals surface area contributed by atoms with Crippen molar-refractivity contribution >= 4 is 35.8 Å². The summed E-state index contributed by atoms with van der Waals surface area (Å²) in [6, 6.07) is 13.7. The van der Waals surface area contributed by atoms with Crippen molar-refractivity contribution in [2.24, 2.45) is 4.99 Å². The van der Waals surface area contributed by atoms with E-state index in [1.54, 1.807) is 19.0 Å². The molecule has 1 aromatic carbocycles. The van der Waals surface area contributed by atoms with E-state index >= 15 is 0 Å². The van der Waals surface area contributed by atoms with Gasteiger partial charge in [-0.2, -0.15) is 0 Å². The molecular formula is C21H30IN5O. The van der Waals surface area contributed by atoms with Gasteiger partial charge in [0.05, 0.1) is 12.2 Å². The highest BCUT2D eigenvalue weighted by atomic mass is 127. The Kier molecular flexibility index (Phi) is 10.5. The minimum Gasteiger partial charge on any atom is -0.357 e. The van der Waals surface area contributed by atoms with Crippen molar-refractivity contribution in [2.75, 3.05) is 27.2 Å². The number of amides is 1. The highest BCUT2D eigenvalue weighted by Crippen LogP contribution is 2.08. The molecule has 0 spiro atoms. The Morgan fingerprint density at radius 2 is 1.89 bits per heavy atom. The molecule has 7 heteroatoms. The van der Waals surface area contributed by atoms with Crippen LogP contribution in [0.2, 0.25) is 0 Å². The Morgan fingerprint density at radius 3 is 2.57 bits per heavy atom. The Hall–Kier alpha value is -2.16. The second kappa shape index (κ2) is 12.3. The number of pyridine rings is 1. The first-order chi connectivity index (χ1) is 13.0. The Bertz CT molecular complexity index is 792. The number of hydrogen-bond acceptors (Lipinski definition) is 3. The molecule has 28 heavy (non-hydrogen) atoms. The van der Waals surface area contributed by atoms with E-state index in [9.17, 15) is 4.79 Å². The van der Waals surface area contributed by atoms with E-state index in [4.69, 9.17) is 0 Å². The van der Waals surface area contributed by atoms with E-state index in [1.165, 1.54) is 0 Å². The number of aliphatic imine (C=N–C) groups is 1. The fourth-order valence-electron chi connectivity index (χ4n) is 2.63. The molecule has 152 valence electrons. The van der Waals surface area contributed by atoms with Crippen LogP contribution in [-0.2, 0) is 13.0 Å². The maximum atomic E-state index is 12.1. The lowest BCUT2D eigenvalue weighted by molar-refractivity contribution is 0.0827. The van der Waals surface area contributed by atoms with E-state index in [-0.39, 0.29) is 29.9 Å². The Balaban J connectivity index is 0.00000392. The fraction of sp³-hybridized carbons (Fsp3) is 0.381. The van der Waals surface area contributed by atoms with Crippen LogP contribution in [0.4, 0.5) is 0 Å². The summed E-state index contributed by atoms with van der Waals surface area (Å²) in [6.45, 7) is 6.07. The molecule has 0 atom stereocenters. The first-order valence-electron chi connectivity index (χ1n) is 9.25. The van der Waals surface area contributed by atoms with Crippen molar-refractivity contribution in [3.8, 4) is 0 Å². The first-order valence-corrected chi connectivity index (χ1v) is 9.25. The van der Waals surface area contributed by atoms with Crippen LogP contribution >= 0.6 is 24.0 Å². The summed E-state index contributed by atoms with van der Waals surface area (Å²) >= 11 is 0. The molecule has 0 fully saturated rings. The molecule has 0 radical (unpaired) electrons. The van der Waals surface area contributed by atoms with Crippen LogP contribution < -0.4 is 10.6 Å². The quantitative estimate of drug-likeness (QED) is 0.352. The summed E-state index contributed by atoms with van der Waals surface area (Å²) in [7, 11) is 3.53. The Labute approximate surface area is 184 Å². The number of carbonyl (C=O) groups is 1. The molecule has 0 saturated heterocycles. The molecule has 2 rings (SSSR count). The summed E-state index contributed by atoms with van der Waals surface area (Å²) < 4.78 is 0. The third kappa shape index (κ3) is 7.84. The number of rotatable bonds is 7. The predicted octanol–water partition coefficient (Wildman–Crippen LogP) is 3.01. The largest absolute Gasteiger partial charge is 0.357 e. The maximum absolute atomic E-state index is 12.1. The van der Waals surface area contributed by atoms with Gasteiger partial charge in [-0.3, -0.25) is 9.78 Å². The average molecular weight is 495 g/mol. The number of aryl methyl sites for hydroxylation is 1. The smallest absolute Gasteiger partial charge is 0.253 e. The van der Waals surface area contributed by atoms with Gasteiger partial charge in [0.15, 0.2) is 5.96 Å². The summed E-state index contributed by atoms with van der Waals surface area (Å²) in [6.07, 6.45) is 0.807. The van der Waals surface area contributed by atoms with E-state index in [0.717, 1.165) is 42.4 Å². The number of hydrogen-bond donors (Lipinski definition) is 2. The summed E-state index contributed by atoms with van der Waals surface area (Å²) in [5, 5.41) is 6.59. The van der Waals surface area contributed by atoms with Gasteiger partial charge in [0.1, 0.15) is 0 Å². The second-order valence-corrected chi connectivity index (χ2v) is 6.54. The van der Waals surface area contributed by atoms with Gasteiger partial charge in [0, 0.05) is 38.4 Å². The van der Waals surface area contributed by atoms with Crippen LogP contribution in [0.5, 0.6) is 0 Å². The third-order valence-corrected chi connectivity index (χ3v) is 3.98. The van der Waals surface area contributed by atoms with Gasteiger partial charge in [-0.05, 0) is 50.1 Å². The lowest BCUT2D eigenvalue weighted by atomic mass is 10.1. The molecule has 0 aliphatic rings. The maximum Gasteiger partial charge on any atom is 0.253 e. The van der Waals surface area contributed by atoms with Crippen LogP contribution in [0.1, 0.15) is 34.2 Å². The standard InChI is InChI=1S/C21H29N5O.HI/c1-5-22-21(24-15-19-11-6-8-16(2)25-19)23-13-12-17-9-7-10-18(14-17)20(27)26(3)4;/h6-11,14H,5,12-13,15H2,1-4H3,(H2,22,23,24);1H. The van der Waals surface area contributed by atoms with Gasteiger partial charge >= 0.3 is 0 Å². The number of halogens is 1. The van der Waals surface area contributed by atoms with Crippen LogP contribution in [-0.4, -0.2) is 48.9 Å². The number of nitrogens with zero attached hydrogens (tertiary/aromatic N) is 3. The minimum absolute atomic E-state index is 0. The number of aromatic nitrogens is 1. The average Bonchev–Trinajstić information content (AvgIpc) is 2.65. The van der Waals surface area contributed by atoms with Gasteiger partial charge in [-0.15, -0.1) is 24.0 Å². The number of guanidine groups is 1. The van der Waals surface area contributed by atoms with Crippen molar-refractivity contribution in [1.82, 2.24) is 20.5 Å². The van der Waals surface area contributed by atoms with Crippen LogP contribution in [0.3, 0.4) is 0 Å². The van der Waals surface area contributed by atoms with E-state index < -0.39 is 0 Å². The van der Waals surface area contributed by atoms with Gasteiger partial charge in [-0.25, -0.2) is 4.99 Å². The molecule has 0 bridgehead atoms. The van der Waals surface area contributed by atoms with Crippen molar-refractivity contribution < 1.29 is 4.79 Å². The zero-order valence-corrected chi connectivity index (χ0v) is 19.4. The van der Waals surface area contributed by atoms with Gasteiger partial charge in [-0.1, -0.05) is 18.2 Å². The molecule has 1 aromatic heterocycles. The van der Waals surface area contributed by atoms with Crippen molar-refractivity contribution in [2.45, 2.75) is 26.8 Å². The van der Waals surface area contributed by atoms with Crippen molar-refractivity contribution in [1.29, 1.82) is 0 Å². The molecule has 0 saturated carbocycles. The number of carbonyl (C=O) groups excluding carboxylic acids is 1. The topological polar surface area (TPSA) is 69.6 Å². The molecule has 0 unspecified atom stereocenters. The third-order valence-electron chi connectivity index (χ3n) is 3.98. The van der Waals surface area contributed by atoms with E-state index in [2.05, 4.69) is 20.6 Å². The van der Waals surface area contributed by atoms with Crippen molar-refractivity contribution in [3.63, 3.8) is 0 Å². The van der Waals surface area contributed by atoms with E-state index in [0.29, 0.717) is 12.1 Å². The first kappa shape index (κ1) is 23.9. The zero-order valence-electron chi connectivity index (χ0n) is 17.0. The molecule has 1 amide bonds. The zero-order chi connectivity index (χ0) is 19.6. The van der Waals surface area contributed by atoms with Crippen LogP contribution in [0.25, 0.3) is 0 Å². The van der Waals surface area contributed by atoms with Gasteiger partial charge in [0.25, 0.3) is 5.91 Å². The molecular weight excluding hydrogens is 465 g/mol. The lowest BCUT2D eigenvalue weighted by Crippen LogP contribution is -2.38. The second-order valence-electron chi connectivity index (χ2n) is 6.54. The van der Waals surface area contributed by atoms with Crippen molar-refractivity contribution in [3.05, 3.63) is 65.0 Å².